The summed E-state index contributed by atoms with van der Waals surface area (Å²) in [6.07, 6.45) is 4.73. The summed E-state index contributed by atoms with van der Waals surface area (Å²) in [7, 11) is 0. The zero-order valence-electron chi connectivity index (χ0n) is 27.9. The maximum Gasteiger partial charge on any atom is 0.237 e. The van der Waals surface area contributed by atoms with Crippen molar-refractivity contribution in [2.45, 2.75) is 58.5 Å². The van der Waals surface area contributed by atoms with E-state index in [2.05, 4.69) is 71.5 Å². The number of benzene rings is 2. The zero-order valence-corrected chi connectivity index (χ0v) is 28.7. The average molecular weight is 676 g/mol. The summed E-state index contributed by atoms with van der Waals surface area (Å²) in [4.78, 5) is 34.8. The summed E-state index contributed by atoms with van der Waals surface area (Å²) in [5, 5.41) is 25.3. The Morgan fingerprint density at radius 3 is 2.41 bits per heavy atom. The molecule has 0 saturated carbocycles. The number of aliphatic hydroxyl groups excluding tert-OH is 2. The van der Waals surface area contributed by atoms with Crippen molar-refractivity contribution in [3.8, 4) is 21.7 Å². The fourth-order valence-electron chi connectivity index (χ4n) is 7.43. The van der Waals surface area contributed by atoms with Crippen LogP contribution in [-0.4, -0.2) is 90.7 Å². The first-order valence-corrected chi connectivity index (χ1v) is 17.9. The number of hydrogen-bond acceptors (Lipinski definition) is 10. The number of anilines is 2. The van der Waals surface area contributed by atoms with Crippen molar-refractivity contribution in [2.75, 3.05) is 38.0 Å². The first-order chi connectivity index (χ1) is 23.8. The number of hydrogen-bond donors (Lipinski definition) is 3. The SMILES string of the molecule is Cc1c(Nc2nccc3cc(CN4CCC(O)C4)cnc23)cccc1-c1cccc(-c2nc3c(s2)CN(C(=O)CN2CCC(O)C2)C3)c1C. The lowest BCUT2D eigenvalue weighted by Gasteiger charge is -2.20. The quantitative estimate of drug-likeness (QED) is 0.203. The van der Waals surface area contributed by atoms with E-state index in [9.17, 15) is 15.0 Å². The minimum Gasteiger partial charge on any atom is -0.392 e. The number of thiazole rings is 1. The fourth-order valence-corrected chi connectivity index (χ4v) is 8.59. The molecule has 0 spiro atoms. The van der Waals surface area contributed by atoms with Crippen molar-refractivity contribution in [3.63, 3.8) is 0 Å². The lowest BCUT2D eigenvalue weighted by molar-refractivity contribution is -0.132. The largest absolute Gasteiger partial charge is 0.392 e. The Hall–Kier alpha value is -4.26. The van der Waals surface area contributed by atoms with Crippen LogP contribution in [0.3, 0.4) is 0 Å². The first kappa shape index (κ1) is 32.0. The van der Waals surface area contributed by atoms with Gasteiger partial charge in [-0.25, -0.2) is 9.97 Å². The molecule has 0 aliphatic carbocycles. The van der Waals surface area contributed by atoms with E-state index in [4.69, 9.17) is 9.97 Å². The molecule has 2 atom stereocenters. The van der Waals surface area contributed by atoms with Crippen LogP contribution in [0.2, 0.25) is 0 Å². The van der Waals surface area contributed by atoms with Gasteiger partial charge in [-0.1, -0.05) is 30.3 Å². The molecule has 2 fully saturated rings. The number of nitrogens with zero attached hydrogens (tertiary/aromatic N) is 6. The van der Waals surface area contributed by atoms with Crippen molar-refractivity contribution in [2.24, 2.45) is 0 Å². The van der Waals surface area contributed by atoms with Gasteiger partial charge in [-0.05, 0) is 72.7 Å². The van der Waals surface area contributed by atoms with Crippen LogP contribution in [0.25, 0.3) is 32.6 Å². The molecule has 3 aromatic heterocycles. The molecule has 3 aliphatic heterocycles. The van der Waals surface area contributed by atoms with E-state index in [0.717, 1.165) is 92.5 Å². The van der Waals surface area contributed by atoms with E-state index in [1.165, 1.54) is 5.56 Å². The lowest BCUT2D eigenvalue weighted by atomic mass is 9.93. The Morgan fingerprint density at radius 1 is 0.918 bits per heavy atom. The topological polar surface area (TPSA) is 118 Å². The Balaban J connectivity index is 1.00. The van der Waals surface area contributed by atoms with E-state index in [-0.39, 0.29) is 18.1 Å². The van der Waals surface area contributed by atoms with Crippen molar-refractivity contribution in [1.29, 1.82) is 0 Å². The number of nitrogens with one attached hydrogen (secondary N) is 1. The summed E-state index contributed by atoms with van der Waals surface area (Å²) in [6, 6.07) is 16.9. The molecule has 252 valence electrons. The number of amides is 1. The molecular formula is C38H41N7O3S. The molecular weight excluding hydrogens is 635 g/mol. The number of likely N-dealkylation sites (tertiary alicyclic amines) is 2. The molecule has 10 nitrogen and oxygen atoms in total. The highest BCUT2D eigenvalue weighted by atomic mass is 32.1. The molecule has 8 rings (SSSR count). The third-order valence-electron chi connectivity index (χ3n) is 10.2. The maximum absolute atomic E-state index is 13.0. The number of carbonyl (C=O) groups excluding carboxylic acids is 1. The molecule has 3 aliphatic rings. The second kappa shape index (κ2) is 13.2. The van der Waals surface area contributed by atoms with E-state index < -0.39 is 0 Å². The standard InChI is InChI=1S/C38H41N7O3S/c1-23-29(5-3-7-31(23)38-42-33-20-45(21-34(33)49-38)35(48)22-44-14-11-28(47)19-44)30-6-4-8-32(24(30)2)41-37-36-26(9-12-39-37)15-25(16-40-36)17-43-13-10-27(46)18-43/h3-9,12,15-16,27-28,46-47H,10-11,13-14,17-22H2,1-2H3,(H,39,41). The fraction of sp³-hybridized carbons (Fsp3) is 0.368. The van der Waals surface area contributed by atoms with Crippen LogP contribution in [0.5, 0.6) is 0 Å². The van der Waals surface area contributed by atoms with Crippen molar-refractivity contribution in [1.82, 2.24) is 29.7 Å². The monoisotopic (exact) mass is 675 g/mol. The summed E-state index contributed by atoms with van der Waals surface area (Å²) in [5.41, 5.74) is 9.59. The van der Waals surface area contributed by atoms with E-state index in [1.807, 2.05) is 28.3 Å². The summed E-state index contributed by atoms with van der Waals surface area (Å²) >= 11 is 1.68. The van der Waals surface area contributed by atoms with E-state index >= 15 is 0 Å². The van der Waals surface area contributed by atoms with Gasteiger partial charge in [0.1, 0.15) is 10.5 Å². The van der Waals surface area contributed by atoms with Crippen LogP contribution in [0.1, 0.15) is 40.1 Å². The smallest absolute Gasteiger partial charge is 0.237 e. The molecule has 6 heterocycles. The Labute approximate surface area is 290 Å². The van der Waals surface area contributed by atoms with Gasteiger partial charge in [0.15, 0.2) is 5.82 Å². The highest BCUT2D eigenvalue weighted by Gasteiger charge is 2.30. The molecule has 0 bridgehead atoms. The van der Waals surface area contributed by atoms with E-state index in [0.29, 0.717) is 38.5 Å². The Bertz CT molecular complexity index is 2020. The van der Waals surface area contributed by atoms with Gasteiger partial charge in [0, 0.05) is 66.6 Å². The highest BCUT2D eigenvalue weighted by Crippen LogP contribution is 2.40. The number of β-amino-alcohol motifs (C(OH)–C–C–N with tert-alkyl or cyclic N) is 2. The van der Waals surface area contributed by atoms with Crippen LogP contribution in [-0.2, 0) is 24.4 Å². The molecule has 1 amide bonds. The number of aromatic nitrogens is 3. The first-order valence-electron chi connectivity index (χ1n) is 17.1. The molecule has 0 radical (unpaired) electrons. The number of pyridine rings is 2. The lowest BCUT2D eigenvalue weighted by Crippen LogP contribution is -2.37. The molecule has 3 N–H and O–H groups in total. The van der Waals surface area contributed by atoms with Crippen molar-refractivity contribution in [3.05, 3.63) is 88.2 Å². The van der Waals surface area contributed by atoms with Gasteiger partial charge in [-0.3, -0.25) is 19.6 Å². The Kier molecular flexibility index (Phi) is 8.63. The minimum atomic E-state index is -0.325. The summed E-state index contributed by atoms with van der Waals surface area (Å²) < 4.78 is 0. The second-order valence-corrected chi connectivity index (χ2v) is 14.7. The van der Waals surface area contributed by atoms with Gasteiger partial charge >= 0.3 is 0 Å². The number of aliphatic hydroxyl groups is 2. The molecule has 11 heteroatoms. The third-order valence-corrected chi connectivity index (χ3v) is 11.3. The molecule has 5 aromatic rings. The predicted octanol–water partition coefficient (Wildman–Crippen LogP) is 5.26. The second-order valence-electron chi connectivity index (χ2n) is 13.7. The van der Waals surface area contributed by atoms with Gasteiger partial charge in [0.2, 0.25) is 5.91 Å². The number of rotatable bonds is 8. The average Bonchev–Trinajstić information content (AvgIpc) is 3.88. The third kappa shape index (κ3) is 6.44. The number of fused-ring (bicyclic) bond motifs is 2. The van der Waals surface area contributed by atoms with Crippen LogP contribution >= 0.6 is 11.3 Å². The van der Waals surface area contributed by atoms with Crippen molar-refractivity contribution >= 4 is 39.7 Å². The van der Waals surface area contributed by atoms with Gasteiger partial charge in [0.05, 0.1) is 37.5 Å². The van der Waals surface area contributed by atoms with Gasteiger partial charge in [-0.2, -0.15) is 0 Å². The van der Waals surface area contributed by atoms with Crippen LogP contribution in [0, 0.1) is 13.8 Å². The van der Waals surface area contributed by atoms with Crippen molar-refractivity contribution < 1.29 is 15.0 Å². The van der Waals surface area contributed by atoms with Crippen LogP contribution in [0.4, 0.5) is 11.5 Å². The molecule has 49 heavy (non-hydrogen) atoms. The van der Waals surface area contributed by atoms with Crippen LogP contribution in [0.15, 0.2) is 60.9 Å². The van der Waals surface area contributed by atoms with Gasteiger partial charge < -0.3 is 20.4 Å². The van der Waals surface area contributed by atoms with Crippen LogP contribution < -0.4 is 5.32 Å². The van der Waals surface area contributed by atoms with E-state index in [1.54, 1.807) is 11.3 Å². The minimum absolute atomic E-state index is 0.0984. The molecule has 2 saturated heterocycles. The Morgan fingerprint density at radius 2 is 1.65 bits per heavy atom. The van der Waals surface area contributed by atoms with Gasteiger partial charge in [-0.15, -0.1) is 11.3 Å². The normalized spacial score (nSPS) is 19.6. The summed E-state index contributed by atoms with van der Waals surface area (Å²) in [5.74, 6) is 0.815. The predicted molar refractivity (Wildman–Crippen MR) is 192 cm³/mol. The highest BCUT2D eigenvalue weighted by molar-refractivity contribution is 7.15. The maximum atomic E-state index is 13.0. The van der Waals surface area contributed by atoms with Gasteiger partial charge in [0.25, 0.3) is 0 Å². The summed E-state index contributed by atoms with van der Waals surface area (Å²) in [6.45, 7) is 9.50. The molecule has 2 aromatic carbocycles. The number of carbonyl (C=O) groups is 1. The molecule has 2 unspecified atom stereocenters. The zero-order chi connectivity index (χ0) is 33.6.